The average Bonchev–Trinajstić information content (AvgIpc) is 2.94. The maximum Gasteiger partial charge on any atom is 0.310 e. The van der Waals surface area contributed by atoms with Crippen LogP contribution in [0.5, 0.6) is 11.5 Å². The number of hydrogen-bond donors (Lipinski definition) is 0. The Hall–Kier alpha value is -1.75. The molecule has 21 heavy (non-hydrogen) atoms. The molecule has 116 valence electrons. The highest BCUT2D eigenvalue weighted by atomic mass is 16.6. The lowest BCUT2D eigenvalue weighted by molar-refractivity contribution is -0.153. The molecule has 1 aliphatic carbocycles. The van der Waals surface area contributed by atoms with Gasteiger partial charge < -0.3 is 18.9 Å². The highest BCUT2D eigenvalue weighted by Gasteiger charge is 2.30. The first-order valence-electron chi connectivity index (χ1n) is 7.11. The van der Waals surface area contributed by atoms with Gasteiger partial charge in [0.2, 0.25) is 0 Å². The van der Waals surface area contributed by atoms with E-state index in [0.29, 0.717) is 11.5 Å². The van der Waals surface area contributed by atoms with Gasteiger partial charge in [-0.2, -0.15) is 0 Å². The molecule has 1 aromatic carbocycles. The fourth-order valence-corrected chi connectivity index (χ4v) is 2.66. The first-order chi connectivity index (χ1) is 10.2. The normalized spacial score (nSPS) is 21.1. The summed E-state index contributed by atoms with van der Waals surface area (Å²) in [5, 5.41) is 0. The fraction of sp³-hybridized carbons (Fsp3) is 0.562. The summed E-state index contributed by atoms with van der Waals surface area (Å²) in [7, 11) is 4.81. The molecule has 0 unspecified atom stereocenters. The van der Waals surface area contributed by atoms with Gasteiger partial charge in [-0.15, -0.1) is 0 Å². The van der Waals surface area contributed by atoms with Crippen LogP contribution in [-0.2, 0) is 20.7 Å². The van der Waals surface area contributed by atoms with Gasteiger partial charge in [-0.25, -0.2) is 0 Å². The highest BCUT2D eigenvalue weighted by Crippen LogP contribution is 2.28. The molecule has 0 heterocycles. The van der Waals surface area contributed by atoms with Crippen molar-refractivity contribution in [3.05, 3.63) is 23.8 Å². The summed E-state index contributed by atoms with van der Waals surface area (Å²) >= 11 is 0. The Bertz CT molecular complexity index is 486. The van der Waals surface area contributed by atoms with E-state index < -0.39 is 0 Å². The number of ether oxygens (including phenoxy) is 4. The summed E-state index contributed by atoms with van der Waals surface area (Å²) in [6.07, 6.45) is 2.98. The Balaban J connectivity index is 1.96. The van der Waals surface area contributed by atoms with E-state index in [1.54, 1.807) is 33.5 Å². The lowest BCUT2D eigenvalue weighted by atomic mass is 10.1. The van der Waals surface area contributed by atoms with E-state index in [-0.39, 0.29) is 24.6 Å². The zero-order valence-electron chi connectivity index (χ0n) is 12.8. The van der Waals surface area contributed by atoms with Crippen molar-refractivity contribution in [1.82, 2.24) is 0 Å². The number of benzene rings is 1. The van der Waals surface area contributed by atoms with Gasteiger partial charge in [0.05, 0.1) is 26.7 Å². The van der Waals surface area contributed by atoms with Crippen LogP contribution in [0.4, 0.5) is 0 Å². The molecule has 0 aliphatic heterocycles. The van der Waals surface area contributed by atoms with Crippen LogP contribution < -0.4 is 9.47 Å². The van der Waals surface area contributed by atoms with E-state index in [1.807, 2.05) is 6.07 Å². The minimum absolute atomic E-state index is 0.0272. The quantitative estimate of drug-likeness (QED) is 0.754. The summed E-state index contributed by atoms with van der Waals surface area (Å²) in [6.45, 7) is 0. The molecule has 0 saturated heterocycles. The van der Waals surface area contributed by atoms with E-state index in [2.05, 4.69) is 0 Å². The van der Waals surface area contributed by atoms with Gasteiger partial charge in [0.1, 0.15) is 6.10 Å². The summed E-state index contributed by atoms with van der Waals surface area (Å²) in [4.78, 5) is 12.0. The van der Waals surface area contributed by atoms with Crippen molar-refractivity contribution in [2.24, 2.45) is 0 Å². The second-order valence-corrected chi connectivity index (χ2v) is 5.10. The van der Waals surface area contributed by atoms with E-state index in [9.17, 15) is 4.79 Å². The molecule has 2 atom stereocenters. The topological polar surface area (TPSA) is 54.0 Å². The molecule has 0 aromatic heterocycles. The molecule has 0 spiro atoms. The van der Waals surface area contributed by atoms with Crippen molar-refractivity contribution >= 4 is 5.97 Å². The molecule has 0 radical (unpaired) electrons. The maximum absolute atomic E-state index is 12.0. The molecule has 1 aromatic rings. The monoisotopic (exact) mass is 294 g/mol. The Morgan fingerprint density at radius 2 is 1.81 bits per heavy atom. The van der Waals surface area contributed by atoms with Crippen LogP contribution in [0.3, 0.4) is 0 Å². The lowest BCUT2D eigenvalue weighted by Crippen LogP contribution is -2.28. The zero-order chi connectivity index (χ0) is 15.2. The third kappa shape index (κ3) is 3.88. The molecule has 1 aliphatic rings. The summed E-state index contributed by atoms with van der Waals surface area (Å²) < 4.78 is 21.2. The molecule has 5 heteroatoms. The standard InChI is InChI=1S/C16H22O5/c1-18-12-5-4-6-14(12)21-16(17)10-11-7-8-13(19-2)15(9-11)20-3/h7-9,12,14H,4-6,10H2,1-3H3/t12-,14+/m0/s1. The largest absolute Gasteiger partial charge is 0.493 e. The second kappa shape index (κ2) is 7.31. The minimum Gasteiger partial charge on any atom is -0.493 e. The molecule has 2 rings (SSSR count). The third-order valence-electron chi connectivity index (χ3n) is 3.77. The maximum atomic E-state index is 12.0. The average molecular weight is 294 g/mol. The van der Waals surface area contributed by atoms with Crippen LogP contribution in [0.25, 0.3) is 0 Å². The van der Waals surface area contributed by atoms with Gasteiger partial charge in [-0.05, 0) is 37.0 Å². The van der Waals surface area contributed by atoms with Gasteiger partial charge in [0, 0.05) is 7.11 Å². The number of methoxy groups -OCH3 is 3. The fourth-order valence-electron chi connectivity index (χ4n) is 2.66. The van der Waals surface area contributed by atoms with Gasteiger partial charge in [-0.1, -0.05) is 6.07 Å². The molecule has 1 fully saturated rings. The molecular weight excluding hydrogens is 272 g/mol. The van der Waals surface area contributed by atoms with Gasteiger partial charge >= 0.3 is 5.97 Å². The molecular formula is C16H22O5. The Kier molecular flexibility index (Phi) is 5.44. The predicted molar refractivity (Wildman–Crippen MR) is 77.8 cm³/mol. The second-order valence-electron chi connectivity index (χ2n) is 5.10. The minimum atomic E-state index is -0.240. The van der Waals surface area contributed by atoms with Crippen LogP contribution in [0.2, 0.25) is 0 Å². The number of carbonyl (C=O) groups is 1. The van der Waals surface area contributed by atoms with Crippen molar-refractivity contribution < 1.29 is 23.7 Å². The van der Waals surface area contributed by atoms with E-state index in [4.69, 9.17) is 18.9 Å². The number of rotatable bonds is 6. The molecule has 1 saturated carbocycles. The van der Waals surface area contributed by atoms with Crippen molar-refractivity contribution in [2.45, 2.75) is 37.9 Å². The van der Waals surface area contributed by atoms with Crippen molar-refractivity contribution in [3.63, 3.8) is 0 Å². The number of hydrogen-bond acceptors (Lipinski definition) is 5. The number of carbonyl (C=O) groups excluding carboxylic acids is 1. The van der Waals surface area contributed by atoms with E-state index in [0.717, 1.165) is 24.8 Å². The van der Waals surface area contributed by atoms with Gasteiger partial charge in [-0.3, -0.25) is 4.79 Å². The molecule has 5 nitrogen and oxygen atoms in total. The van der Waals surface area contributed by atoms with Crippen molar-refractivity contribution in [3.8, 4) is 11.5 Å². The summed E-state index contributed by atoms with van der Waals surface area (Å²) in [5.41, 5.74) is 0.838. The van der Waals surface area contributed by atoms with E-state index >= 15 is 0 Å². The van der Waals surface area contributed by atoms with Crippen LogP contribution in [0.1, 0.15) is 24.8 Å². The first kappa shape index (κ1) is 15.6. The van der Waals surface area contributed by atoms with Gasteiger partial charge in [0.15, 0.2) is 11.5 Å². The van der Waals surface area contributed by atoms with Crippen molar-refractivity contribution in [2.75, 3.05) is 21.3 Å². The Morgan fingerprint density at radius 1 is 1.10 bits per heavy atom. The Morgan fingerprint density at radius 3 is 2.48 bits per heavy atom. The smallest absolute Gasteiger partial charge is 0.310 e. The van der Waals surface area contributed by atoms with Crippen molar-refractivity contribution in [1.29, 1.82) is 0 Å². The predicted octanol–water partition coefficient (Wildman–Crippen LogP) is 2.36. The first-order valence-corrected chi connectivity index (χ1v) is 7.11. The SMILES string of the molecule is COc1ccc(CC(=O)O[C@@H]2CCC[C@@H]2OC)cc1OC. The van der Waals surface area contributed by atoms with Crippen LogP contribution in [-0.4, -0.2) is 39.5 Å². The van der Waals surface area contributed by atoms with Crippen LogP contribution in [0, 0.1) is 0 Å². The Labute approximate surface area is 125 Å². The van der Waals surface area contributed by atoms with Gasteiger partial charge in [0.25, 0.3) is 0 Å². The molecule has 0 bridgehead atoms. The molecule has 0 amide bonds. The number of esters is 1. The zero-order valence-corrected chi connectivity index (χ0v) is 12.8. The highest BCUT2D eigenvalue weighted by molar-refractivity contribution is 5.73. The van der Waals surface area contributed by atoms with E-state index in [1.165, 1.54) is 0 Å². The molecule has 0 N–H and O–H groups in total. The van der Waals surface area contributed by atoms with Crippen LogP contribution in [0.15, 0.2) is 18.2 Å². The summed E-state index contributed by atoms with van der Waals surface area (Å²) in [6, 6.07) is 5.42. The third-order valence-corrected chi connectivity index (χ3v) is 3.77. The lowest BCUT2D eigenvalue weighted by Gasteiger charge is -2.18. The van der Waals surface area contributed by atoms with Crippen LogP contribution >= 0.6 is 0 Å². The summed E-state index contributed by atoms with van der Waals surface area (Å²) in [5.74, 6) is 1.01.